The Morgan fingerprint density at radius 2 is 2.35 bits per heavy atom. The maximum atomic E-state index is 11.8. The first-order valence-corrected chi connectivity index (χ1v) is 6.00. The molecule has 0 saturated carbocycles. The van der Waals surface area contributed by atoms with Crippen LogP contribution in [0.5, 0.6) is 0 Å². The number of ether oxygens (including phenoxy) is 1. The van der Waals surface area contributed by atoms with Gasteiger partial charge in [0.2, 0.25) is 5.91 Å². The number of amides is 1. The van der Waals surface area contributed by atoms with Crippen LogP contribution in [-0.2, 0) is 14.3 Å². The topological polar surface area (TPSA) is 136 Å². The molecule has 1 amide bonds. The van der Waals surface area contributed by atoms with Gasteiger partial charge in [0.1, 0.15) is 6.23 Å². The monoisotopic (exact) mass is 282 g/mol. The molecule has 2 aliphatic heterocycles. The lowest BCUT2D eigenvalue weighted by molar-refractivity contribution is -0.158. The summed E-state index contributed by atoms with van der Waals surface area (Å²) in [4.78, 5) is 26.7. The Morgan fingerprint density at radius 3 is 2.90 bits per heavy atom. The zero-order chi connectivity index (χ0) is 14.9. The summed E-state index contributed by atoms with van der Waals surface area (Å²) in [5.41, 5.74) is 6.70. The number of nitrogens with zero attached hydrogens (tertiary/aromatic N) is 4. The van der Waals surface area contributed by atoms with Gasteiger partial charge in [-0.1, -0.05) is 12.0 Å². The smallest absolute Gasteiger partial charge is 0.236 e. The van der Waals surface area contributed by atoms with E-state index >= 15 is 0 Å². The second-order valence-electron chi connectivity index (χ2n) is 4.76. The van der Waals surface area contributed by atoms with Gasteiger partial charge in [-0.3, -0.25) is 14.5 Å². The maximum absolute atomic E-state index is 11.8. The van der Waals surface area contributed by atoms with E-state index in [0.29, 0.717) is 0 Å². The quantitative estimate of drug-likeness (QED) is 0.315. The second-order valence-corrected chi connectivity index (χ2v) is 4.76. The lowest BCUT2D eigenvalue weighted by Gasteiger charge is -2.30. The largest absolute Gasteiger partial charge is 0.393 e. The van der Waals surface area contributed by atoms with E-state index in [1.54, 1.807) is 6.92 Å². The molecule has 0 bridgehead atoms. The van der Waals surface area contributed by atoms with Crippen LogP contribution in [0.1, 0.15) is 13.3 Å². The molecule has 9 nitrogen and oxygen atoms in total. The van der Waals surface area contributed by atoms with Gasteiger partial charge in [-0.2, -0.15) is 0 Å². The molecule has 1 fully saturated rings. The fraction of sp³-hybridized carbons (Fsp3) is 0.636. The van der Waals surface area contributed by atoms with Gasteiger partial charge in [0, 0.05) is 17.0 Å². The van der Waals surface area contributed by atoms with Crippen LogP contribution in [0.3, 0.4) is 0 Å². The molecule has 0 aromatic rings. The van der Waals surface area contributed by atoms with Crippen molar-refractivity contribution in [3.63, 3.8) is 0 Å². The molecule has 0 aromatic carbocycles. The Bertz CT molecular complexity index is 515. The highest BCUT2D eigenvalue weighted by Gasteiger charge is 2.54. The molecule has 0 spiro atoms. The summed E-state index contributed by atoms with van der Waals surface area (Å²) in [7, 11) is 0. The Kier molecular flexibility index (Phi) is 3.78. The summed E-state index contributed by atoms with van der Waals surface area (Å²) in [6.45, 7) is 0.876. The average molecular weight is 282 g/mol. The van der Waals surface area contributed by atoms with E-state index in [-0.39, 0.29) is 12.2 Å². The number of azide groups is 1. The van der Waals surface area contributed by atoms with Crippen molar-refractivity contribution < 1.29 is 24.5 Å². The fourth-order valence-electron chi connectivity index (χ4n) is 2.36. The van der Waals surface area contributed by atoms with Crippen LogP contribution in [-0.4, -0.2) is 51.5 Å². The van der Waals surface area contributed by atoms with E-state index in [4.69, 9.17) is 10.3 Å². The summed E-state index contributed by atoms with van der Waals surface area (Å²) in [6.07, 6.45) is 0.0288. The van der Waals surface area contributed by atoms with E-state index in [1.165, 1.54) is 17.2 Å². The summed E-state index contributed by atoms with van der Waals surface area (Å²) >= 11 is 0. The minimum Gasteiger partial charge on any atom is -0.393 e. The van der Waals surface area contributed by atoms with Crippen molar-refractivity contribution in [2.45, 2.75) is 31.4 Å². The predicted molar refractivity (Wildman–Crippen MR) is 64.6 cm³/mol. The van der Waals surface area contributed by atoms with E-state index in [1.807, 2.05) is 0 Å². The number of aliphatic hydroxyl groups excluding tert-OH is 2. The summed E-state index contributed by atoms with van der Waals surface area (Å²) in [6, 6.07) is 0. The number of ketones is 1. The molecule has 0 aromatic heterocycles. The first-order chi connectivity index (χ1) is 9.45. The SMILES string of the molecule is C[C@@H]1[C@H](N2C=CC(=O)CC2=O)O[C@@](CO)(N=[N+]=[N-])[C@H]1O. The van der Waals surface area contributed by atoms with E-state index in [9.17, 15) is 19.8 Å². The van der Waals surface area contributed by atoms with Crippen LogP contribution in [0.2, 0.25) is 0 Å². The number of rotatable bonds is 3. The van der Waals surface area contributed by atoms with Crippen molar-refractivity contribution in [2.75, 3.05) is 6.61 Å². The van der Waals surface area contributed by atoms with Crippen LogP contribution < -0.4 is 0 Å². The highest BCUT2D eigenvalue weighted by atomic mass is 16.6. The van der Waals surface area contributed by atoms with Gasteiger partial charge in [-0.15, -0.1) is 0 Å². The number of carbonyl (C=O) groups excluding carboxylic acids is 2. The Hall–Kier alpha value is -1.93. The lowest BCUT2D eigenvalue weighted by Crippen LogP contribution is -2.43. The lowest BCUT2D eigenvalue weighted by atomic mass is 9.97. The molecule has 2 N–H and O–H groups in total. The molecule has 0 radical (unpaired) electrons. The predicted octanol–water partition coefficient (Wildman–Crippen LogP) is -0.346. The molecule has 1 saturated heterocycles. The molecule has 9 heteroatoms. The average Bonchev–Trinajstić information content (AvgIpc) is 2.65. The van der Waals surface area contributed by atoms with Crippen LogP contribution in [0.4, 0.5) is 0 Å². The van der Waals surface area contributed by atoms with Gasteiger partial charge < -0.3 is 14.9 Å². The zero-order valence-electron chi connectivity index (χ0n) is 10.7. The third-order valence-electron chi connectivity index (χ3n) is 3.48. The van der Waals surface area contributed by atoms with E-state index < -0.39 is 36.5 Å². The number of allylic oxidation sites excluding steroid dienone is 1. The summed E-state index contributed by atoms with van der Waals surface area (Å²) in [5, 5.41) is 22.8. The van der Waals surface area contributed by atoms with Gasteiger partial charge in [0.15, 0.2) is 11.5 Å². The third-order valence-corrected chi connectivity index (χ3v) is 3.48. The van der Waals surface area contributed by atoms with Crippen molar-refractivity contribution in [3.8, 4) is 0 Å². The van der Waals surface area contributed by atoms with Crippen molar-refractivity contribution in [1.29, 1.82) is 0 Å². The Balaban J connectivity index is 2.31. The van der Waals surface area contributed by atoms with Gasteiger partial charge >= 0.3 is 0 Å². The standard InChI is InChI=1S/C11H14N4O5/c1-6-9(19)11(5-16,13-14-12)20-10(6)15-3-2-7(17)4-8(15)18/h2-3,6,9-10,16,19H,4-5H2,1H3/t6-,9-,10+,11+/m0/s1. The Morgan fingerprint density at radius 1 is 1.65 bits per heavy atom. The number of hydrogen-bond acceptors (Lipinski definition) is 6. The molecule has 2 heterocycles. The highest BCUT2D eigenvalue weighted by molar-refractivity contribution is 6.06. The molecule has 0 unspecified atom stereocenters. The minimum atomic E-state index is -1.82. The Labute approximate surface area is 114 Å². The minimum absolute atomic E-state index is 0.285. The number of carbonyl (C=O) groups is 2. The van der Waals surface area contributed by atoms with Gasteiger partial charge in [0.05, 0.1) is 19.1 Å². The molecule has 2 aliphatic rings. The summed E-state index contributed by atoms with van der Waals surface area (Å²) in [5.74, 6) is -1.40. The summed E-state index contributed by atoms with van der Waals surface area (Å²) < 4.78 is 5.43. The normalized spacial score (nSPS) is 37.1. The van der Waals surface area contributed by atoms with E-state index in [2.05, 4.69) is 10.0 Å². The van der Waals surface area contributed by atoms with Crippen molar-refractivity contribution in [2.24, 2.45) is 11.0 Å². The number of hydrogen-bond donors (Lipinski definition) is 2. The number of aliphatic hydroxyl groups is 2. The van der Waals surface area contributed by atoms with Gasteiger partial charge in [-0.05, 0) is 11.6 Å². The van der Waals surface area contributed by atoms with Gasteiger partial charge in [-0.25, -0.2) is 0 Å². The van der Waals surface area contributed by atoms with Crippen molar-refractivity contribution in [1.82, 2.24) is 4.90 Å². The van der Waals surface area contributed by atoms with Gasteiger partial charge in [0.25, 0.3) is 0 Å². The van der Waals surface area contributed by atoms with Crippen molar-refractivity contribution >= 4 is 11.7 Å². The van der Waals surface area contributed by atoms with Crippen molar-refractivity contribution in [3.05, 3.63) is 22.7 Å². The molecule has 4 atom stereocenters. The zero-order valence-corrected chi connectivity index (χ0v) is 10.7. The highest BCUT2D eigenvalue weighted by Crippen LogP contribution is 2.38. The first kappa shape index (κ1) is 14.5. The molecular formula is C11H14N4O5. The molecular weight excluding hydrogens is 268 g/mol. The first-order valence-electron chi connectivity index (χ1n) is 6.00. The fourth-order valence-corrected chi connectivity index (χ4v) is 2.36. The molecule has 0 aliphatic carbocycles. The molecule has 108 valence electrons. The second kappa shape index (κ2) is 5.22. The van der Waals surface area contributed by atoms with E-state index in [0.717, 1.165) is 0 Å². The molecule has 2 rings (SSSR count). The van der Waals surface area contributed by atoms with Crippen LogP contribution in [0.15, 0.2) is 17.4 Å². The van der Waals surface area contributed by atoms with Crippen LogP contribution in [0.25, 0.3) is 10.4 Å². The van der Waals surface area contributed by atoms with Crippen LogP contribution >= 0.6 is 0 Å². The van der Waals surface area contributed by atoms with Crippen LogP contribution in [0, 0.1) is 5.92 Å². The maximum Gasteiger partial charge on any atom is 0.236 e. The third kappa shape index (κ3) is 2.16. The molecule has 20 heavy (non-hydrogen) atoms.